The molecule has 0 saturated heterocycles. The number of benzene rings is 1. The summed E-state index contributed by atoms with van der Waals surface area (Å²) in [5, 5.41) is 3.29. The predicted molar refractivity (Wildman–Crippen MR) is 67.2 cm³/mol. The minimum atomic E-state index is -0.257. The van der Waals surface area contributed by atoms with Crippen LogP contribution in [-0.2, 0) is 9.59 Å². The van der Waals surface area contributed by atoms with Gasteiger partial charge < -0.3 is 5.32 Å². The first-order valence-corrected chi connectivity index (χ1v) is 6.03. The van der Waals surface area contributed by atoms with Gasteiger partial charge in [-0.1, -0.05) is 17.7 Å². The molecule has 1 aromatic carbocycles. The van der Waals surface area contributed by atoms with Gasteiger partial charge in [0.15, 0.2) is 0 Å². The Kier molecular flexibility index (Phi) is 3.48. The quantitative estimate of drug-likeness (QED) is 0.837. The molecule has 0 aromatic heterocycles. The molecule has 0 aliphatic heterocycles. The number of hydrogen-bond acceptors (Lipinski definition) is 2. The highest BCUT2D eigenvalue weighted by Gasteiger charge is 2.30. The maximum atomic E-state index is 11.6. The summed E-state index contributed by atoms with van der Waals surface area (Å²) >= 11 is 5.85. The zero-order valence-corrected chi connectivity index (χ0v) is 10.4. The highest BCUT2D eigenvalue weighted by atomic mass is 35.5. The van der Waals surface area contributed by atoms with Gasteiger partial charge in [0.1, 0.15) is 5.78 Å². The first-order chi connectivity index (χ1) is 8.06. The van der Waals surface area contributed by atoms with Gasteiger partial charge in [0.2, 0.25) is 5.91 Å². The second kappa shape index (κ2) is 4.88. The maximum Gasteiger partial charge on any atom is 0.231 e. The van der Waals surface area contributed by atoms with Crippen molar-refractivity contribution < 1.29 is 9.59 Å². The highest BCUT2D eigenvalue weighted by Crippen LogP contribution is 2.31. The van der Waals surface area contributed by atoms with E-state index in [-0.39, 0.29) is 24.0 Å². The van der Waals surface area contributed by atoms with E-state index < -0.39 is 0 Å². The second-order valence-corrected chi connectivity index (χ2v) is 4.86. The van der Waals surface area contributed by atoms with Crippen molar-refractivity contribution in [1.82, 2.24) is 0 Å². The van der Waals surface area contributed by atoms with E-state index in [4.69, 9.17) is 11.6 Å². The van der Waals surface area contributed by atoms with E-state index in [0.29, 0.717) is 10.7 Å². The third kappa shape index (κ3) is 3.30. The highest BCUT2D eigenvalue weighted by molar-refractivity contribution is 6.31. The number of aryl methyl sites for hydroxylation is 1. The SMILES string of the molecule is Cc1ccc(Cl)cc1NC(=O)CC(=O)C1CC1. The number of Topliss-reactive ketones (excluding diaryl/α,β-unsaturated/α-hetero) is 1. The molecular formula is C13H14ClNO2. The zero-order valence-electron chi connectivity index (χ0n) is 9.63. The van der Waals surface area contributed by atoms with Crippen LogP contribution < -0.4 is 5.32 Å². The van der Waals surface area contributed by atoms with E-state index in [9.17, 15) is 9.59 Å². The molecule has 90 valence electrons. The Balaban J connectivity index is 1.97. The van der Waals surface area contributed by atoms with Crippen LogP contribution in [0.25, 0.3) is 0 Å². The van der Waals surface area contributed by atoms with Crippen molar-refractivity contribution in [3.05, 3.63) is 28.8 Å². The van der Waals surface area contributed by atoms with Crippen LogP contribution in [0.5, 0.6) is 0 Å². The van der Waals surface area contributed by atoms with Crippen molar-refractivity contribution in [2.45, 2.75) is 26.2 Å². The summed E-state index contributed by atoms with van der Waals surface area (Å²) < 4.78 is 0. The van der Waals surface area contributed by atoms with Gasteiger partial charge in [-0.05, 0) is 37.5 Å². The van der Waals surface area contributed by atoms with E-state index in [2.05, 4.69) is 5.32 Å². The molecule has 3 nitrogen and oxygen atoms in total. The lowest BCUT2D eigenvalue weighted by atomic mass is 10.1. The number of ketones is 1. The summed E-state index contributed by atoms with van der Waals surface area (Å²) in [6.45, 7) is 1.88. The topological polar surface area (TPSA) is 46.2 Å². The summed E-state index contributed by atoms with van der Waals surface area (Å²) in [6.07, 6.45) is 1.83. The molecular weight excluding hydrogens is 238 g/mol. The molecule has 1 saturated carbocycles. The molecule has 1 fully saturated rings. The monoisotopic (exact) mass is 251 g/mol. The fourth-order valence-corrected chi connectivity index (χ4v) is 1.80. The second-order valence-electron chi connectivity index (χ2n) is 4.42. The van der Waals surface area contributed by atoms with Gasteiger partial charge in [-0.2, -0.15) is 0 Å². The Bertz CT molecular complexity index is 466. The molecule has 2 rings (SSSR count). The lowest BCUT2D eigenvalue weighted by Crippen LogP contribution is -2.17. The van der Waals surface area contributed by atoms with Crippen molar-refractivity contribution in [1.29, 1.82) is 0 Å². The molecule has 0 spiro atoms. The largest absolute Gasteiger partial charge is 0.325 e. The van der Waals surface area contributed by atoms with Crippen molar-refractivity contribution in [2.75, 3.05) is 5.32 Å². The normalized spacial score (nSPS) is 14.5. The van der Waals surface area contributed by atoms with Crippen LogP contribution in [0.2, 0.25) is 5.02 Å². The Morgan fingerprint density at radius 3 is 2.76 bits per heavy atom. The molecule has 17 heavy (non-hydrogen) atoms. The summed E-state index contributed by atoms with van der Waals surface area (Å²) in [5.41, 5.74) is 1.60. The van der Waals surface area contributed by atoms with Gasteiger partial charge in [-0.15, -0.1) is 0 Å². The summed E-state index contributed by atoms with van der Waals surface area (Å²) in [4.78, 5) is 23.1. The van der Waals surface area contributed by atoms with Crippen molar-refractivity contribution in [2.24, 2.45) is 5.92 Å². The molecule has 1 amide bonds. The number of amides is 1. The standard InChI is InChI=1S/C13H14ClNO2/c1-8-2-5-10(14)6-11(8)15-13(17)7-12(16)9-3-4-9/h2,5-6,9H,3-4,7H2,1H3,(H,15,17). The van der Waals surface area contributed by atoms with Gasteiger partial charge in [-0.25, -0.2) is 0 Å². The maximum absolute atomic E-state index is 11.6. The first kappa shape index (κ1) is 12.1. The van der Waals surface area contributed by atoms with Gasteiger partial charge >= 0.3 is 0 Å². The molecule has 1 N–H and O–H groups in total. The van der Waals surface area contributed by atoms with Gasteiger partial charge in [0.05, 0.1) is 6.42 Å². The average molecular weight is 252 g/mol. The zero-order chi connectivity index (χ0) is 12.4. The Morgan fingerprint density at radius 1 is 1.41 bits per heavy atom. The van der Waals surface area contributed by atoms with Crippen molar-refractivity contribution in [3.63, 3.8) is 0 Å². The van der Waals surface area contributed by atoms with E-state index in [1.807, 2.05) is 13.0 Å². The number of anilines is 1. The molecule has 1 aromatic rings. The lowest BCUT2D eigenvalue weighted by Gasteiger charge is -2.08. The number of halogens is 1. The Hall–Kier alpha value is -1.35. The third-order valence-electron chi connectivity index (χ3n) is 2.84. The molecule has 0 heterocycles. The lowest BCUT2D eigenvalue weighted by molar-refractivity contribution is -0.126. The fraction of sp³-hybridized carbons (Fsp3) is 0.385. The molecule has 0 radical (unpaired) electrons. The molecule has 1 aliphatic carbocycles. The van der Waals surface area contributed by atoms with E-state index >= 15 is 0 Å². The van der Waals surface area contributed by atoms with Gasteiger partial charge in [0.25, 0.3) is 0 Å². The summed E-state index contributed by atoms with van der Waals surface area (Å²) in [7, 11) is 0. The van der Waals surface area contributed by atoms with E-state index in [0.717, 1.165) is 18.4 Å². The number of hydrogen-bond donors (Lipinski definition) is 1. The number of rotatable bonds is 4. The average Bonchev–Trinajstić information content (AvgIpc) is 3.06. The number of carbonyl (C=O) groups is 2. The van der Waals surface area contributed by atoms with Crippen LogP contribution >= 0.6 is 11.6 Å². The van der Waals surface area contributed by atoms with Crippen LogP contribution in [0.3, 0.4) is 0 Å². The molecule has 0 atom stereocenters. The van der Waals surface area contributed by atoms with Crippen LogP contribution in [0, 0.1) is 12.8 Å². The van der Waals surface area contributed by atoms with Crippen LogP contribution in [0.4, 0.5) is 5.69 Å². The Labute approximate surface area is 105 Å². The minimum absolute atomic E-state index is 0.0311. The molecule has 0 bridgehead atoms. The van der Waals surface area contributed by atoms with Gasteiger partial charge in [-0.3, -0.25) is 9.59 Å². The van der Waals surface area contributed by atoms with Crippen LogP contribution in [0.1, 0.15) is 24.8 Å². The number of carbonyl (C=O) groups excluding carboxylic acids is 2. The summed E-state index contributed by atoms with van der Waals surface area (Å²) in [6, 6.07) is 5.29. The fourth-order valence-electron chi connectivity index (χ4n) is 1.63. The van der Waals surface area contributed by atoms with Gasteiger partial charge in [0, 0.05) is 16.6 Å². The van der Waals surface area contributed by atoms with E-state index in [1.165, 1.54) is 0 Å². The van der Waals surface area contributed by atoms with Crippen molar-refractivity contribution >= 4 is 29.0 Å². The molecule has 0 unspecified atom stereocenters. The predicted octanol–water partition coefficient (Wildman–Crippen LogP) is 2.96. The molecule has 1 aliphatic rings. The van der Waals surface area contributed by atoms with Crippen LogP contribution in [-0.4, -0.2) is 11.7 Å². The van der Waals surface area contributed by atoms with Crippen LogP contribution in [0.15, 0.2) is 18.2 Å². The van der Waals surface area contributed by atoms with E-state index in [1.54, 1.807) is 12.1 Å². The smallest absolute Gasteiger partial charge is 0.231 e. The minimum Gasteiger partial charge on any atom is -0.325 e. The number of nitrogens with one attached hydrogen (secondary N) is 1. The first-order valence-electron chi connectivity index (χ1n) is 5.65. The third-order valence-corrected chi connectivity index (χ3v) is 3.08. The van der Waals surface area contributed by atoms with Crippen molar-refractivity contribution in [3.8, 4) is 0 Å². The Morgan fingerprint density at radius 2 is 2.12 bits per heavy atom. The molecule has 4 heteroatoms. The summed E-state index contributed by atoms with van der Waals surface area (Å²) in [5.74, 6) is -0.0874.